The first-order chi connectivity index (χ1) is 15.8. The predicted molar refractivity (Wildman–Crippen MR) is 118 cm³/mol. The molecule has 0 bridgehead atoms. The summed E-state index contributed by atoms with van der Waals surface area (Å²) in [6.07, 6.45) is -2.28. The summed E-state index contributed by atoms with van der Waals surface area (Å²) in [6.45, 7) is 2.50. The van der Waals surface area contributed by atoms with Crippen LogP contribution < -0.4 is 0 Å². The Labute approximate surface area is 189 Å². The van der Waals surface area contributed by atoms with Gasteiger partial charge < -0.3 is 4.90 Å². The third kappa shape index (κ3) is 5.11. The van der Waals surface area contributed by atoms with Gasteiger partial charge in [0.1, 0.15) is 0 Å². The van der Waals surface area contributed by atoms with Gasteiger partial charge in [0.2, 0.25) is 0 Å². The number of aromatic nitrogens is 3. The molecule has 2 heterocycles. The number of carbonyl (C=O) groups excluding carboxylic acids is 1. The standard InChI is InChI=1S/C25H21F3N4O/c1-18-22(15-30-32(18)23-13-12-21(14-29-23)25(26,27)28)24(33)31(16-19-8-4-2-5-9-19)17-20-10-6-3-7-11-20/h2-15H,16-17H2,1H3. The smallest absolute Gasteiger partial charge is 0.330 e. The van der Waals surface area contributed by atoms with E-state index < -0.39 is 11.7 Å². The maximum absolute atomic E-state index is 13.5. The molecule has 0 aliphatic heterocycles. The molecule has 0 spiro atoms. The summed E-state index contributed by atoms with van der Waals surface area (Å²) in [4.78, 5) is 19.1. The van der Waals surface area contributed by atoms with Gasteiger partial charge in [0.05, 0.1) is 23.0 Å². The molecule has 0 aliphatic carbocycles. The Balaban J connectivity index is 1.63. The Hall–Kier alpha value is -3.94. The molecule has 0 unspecified atom stereocenters. The van der Waals surface area contributed by atoms with Crippen LogP contribution in [0.1, 0.15) is 32.7 Å². The molecule has 0 saturated carbocycles. The van der Waals surface area contributed by atoms with Crippen LogP contribution in [0.3, 0.4) is 0 Å². The van der Waals surface area contributed by atoms with E-state index in [1.807, 2.05) is 60.7 Å². The van der Waals surface area contributed by atoms with Gasteiger partial charge in [-0.15, -0.1) is 0 Å². The molecule has 0 radical (unpaired) electrons. The highest BCUT2D eigenvalue weighted by Gasteiger charge is 2.31. The Morgan fingerprint density at radius 2 is 1.45 bits per heavy atom. The molecule has 2 aromatic heterocycles. The van der Waals surface area contributed by atoms with E-state index in [4.69, 9.17) is 0 Å². The fourth-order valence-electron chi connectivity index (χ4n) is 3.51. The number of carbonyl (C=O) groups is 1. The SMILES string of the molecule is Cc1c(C(=O)N(Cc2ccccc2)Cc2ccccc2)cnn1-c1ccc(C(F)(F)F)cn1. The number of alkyl halides is 3. The molecule has 0 fully saturated rings. The zero-order valence-electron chi connectivity index (χ0n) is 17.8. The highest BCUT2D eigenvalue weighted by molar-refractivity contribution is 5.95. The van der Waals surface area contributed by atoms with Gasteiger partial charge >= 0.3 is 6.18 Å². The minimum atomic E-state index is -4.47. The molecular formula is C25H21F3N4O. The van der Waals surface area contributed by atoms with Gasteiger partial charge in [-0.05, 0) is 30.2 Å². The molecular weight excluding hydrogens is 429 g/mol. The molecule has 4 aromatic rings. The van der Waals surface area contributed by atoms with Gasteiger partial charge in [-0.3, -0.25) is 4.79 Å². The number of hydrogen-bond donors (Lipinski definition) is 0. The van der Waals surface area contributed by atoms with Crippen molar-refractivity contribution in [2.75, 3.05) is 0 Å². The minimum Gasteiger partial charge on any atom is -0.330 e. The van der Waals surface area contributed by atoms with Crippen LogP contribution >= 0.6 is 0 Å². The summed E-state index contributed by atoms with van der Waals surface area (Å²) in [6, 6.07) is 21.5. The molecule has 0 atom stereocenters. The Bertz CT molecular complexity index is 1180. The van der Waals surface area contributed by atoms with Crippen LogP contribution in [0, 0.1) is 6.92 Å². The summed E-state index contributed by atoms with van der Waals surface area (Å²) in [5.41, 5.74) is 1.98. The third-order valence-corrected chi connectivity index (χ3v) is 5.25. The van der Waals surface area contributed by atoms with Gasteiger partial charge in [-0.1, -0.05) is 60.7 Å². The number of nitrogens with zero attached hydrogens (tertiary/aromatic N) is 4. The van der Waals surface area contributed by atoms with E-state index in [1.165, 1.54) is 16.9 Å². The average Bonchev–Trinajstić information content (AvgIpc) is 3.20. The van der Waals surface area contributed by atoms with Crippen LogP contribution in [0.5, 0.6) is 0 Å². The van der Waals surface area contributed by atoms with Crippen molar-refractivity contribution in [3.05, 3.63) is 113 Å². The molecule has 1 amide bonds. The molecule has 0 saturated heterocycles. The highest BCUT2D eigenvalue weighted by Crippen LogP contribution is 2.29. The van der Waals surface area contributed by atoms with Crippen molar-refractivity contribution in [1.29, 1.82) is 0 Å². The number of pyridine rings is 1. The van der Waals surface area contributed by atoms with Crippen LogP contribution in [-0.4, -0.2) is 25.6 Å². The lowest BCUT2D eigenvalue weighted by Gasteiger charge is -2.23. The van der Waals surface area contributed by atoms with Crippen molar-refractivity contribution in [3.8, 4) is 5.82 Å². The number of benzene rings is 2. The molecule has 0 N–H and O–H groups in total. The van der Waals surface area contributed by atoms with Crippen LogP contribution in [-0.2, 0) is 19.3 Å². The summed E-state index contributed by atoms with van der Waals surface area (Å²) in [7, 11) is 0. The number of halogens is 3. The van der Waals surface area contributed by atoms with Gasteiger partial charge in [0.25, 0.3) is 5.91 Å². The normalized spacial score (nSPS) is 11.4. The zero-order chi connectivity index (χ0) is 23.4. The van der Waals surface area contributed by atoms with Crippen molar-refractivity contribution in [2.24, 2.45) is 0 Å². The van der Waals surface area contributed by atoms with Crippen molar-refractivity contribution in [2.45, 2.75) is 26.2 Å². The van der Waals surface area contributed by atoms with E-state index in [2.05, 4.69) is 10.1 Å². The van der Waals surface area contributed by atoms with Crippen molar-refractivity contribution in [1.82, 2.24) is 19.7 Å². The van der Waals surface area contributed by atoms with E-state index >= 15 is 0 Å². The van der Waals surface area contributed by atoms with Crippen LogP contribution in [0.15, 0.2) is 85.2 Å². The Kier molecular flexibility index (Phi) is 6.26. The van der Waals surface area contributed by atoms with Gasteiger partial charge in [-0.2, -0.15) is 18.3 Å². The quantitative estimate of drug-likeness (QED) is 0.393. The van der Waals surface area contributed by atoms with Crippen molar-refractivity contribution < 1.29 is 18.0 Å². The number of hydrogen-bond acceptors (Lipinski definition) is 3. The summed E-state index contributed by atoms with van der Waals surface area (Å²) in [5.74, 6) is -0.0180. The van der Waals surface area contributed by atoms with Gasteiger partial charge in [0.15, 0.2) is 5.82 Å². The number of rotatable bonds is 6. The Morgan fingerprint density at radius 1 is 0.879 bits per heavy atom. The fraction of sp³-hybridized carbons (Fsp3) is 0.160. The first-order valence-electron chi connectivity index (χ1n) is 10.3. The van der Waals surface area contributed by atoms with Crippen molar-refractivity contribution in [3.63, 3.8) is 0 Å². The fourth-order valence-corrected chi connectivity index (χ4v) is 3.51. The molecule has 0 aliphatic rings. The highest BCUT2D eigenvalue weighted by atomic mass is 19.4. The monoisotopic (exact) mass is 450 g/mol. The second-order valence-electron chi connectivity index (χ2n) is 7.59. The lowest BCUT2D eigenvalue weighted by atomic mass is 10.1. The van der Waals surface area contributed by atoms with Crippen LogP contribution in [0.4, 0.5) is 13.2 Å². The second kappa shape index (κ2) is 9.28. The molecule has 4 rings (SSSR count). The largest absolute Gasteiger partial charge is 0.417 e. The van der Waals surface area contributed by atoms with Gasteiger partial charge in [0, 0.05) is 19.3 Å². The molecule has 5 nitrogen and oxygen atoms in total. The minimum absolute atomic E-state index is 0.206. The lowest BCUT2D eigenvalue weighted by molar-refractivity contribution is -0.137. The van der Waals surface area contributed by atoms with Crippen molar-refractivity contribution >= 4 is 5.91 Å². The maximum Gasteiger partial charge on any atom is 0.417 e. The molecule has 168 valence electrons. The van der Waals surface area contributed by atoms with Crippen LogP contribution in [0.25, 0.3) is 5.82 Å². The Morgan fingerprint density at radius 3 is 1.94 bits per heavy atom. The maximum atomic E-state index is 13.5. The topological polar surface area (TPSA) is 51.0 Å². The van der Waals surface area contributed by atoms with Crippen LogP contribution in [0.2, 0.25) is 0 Å². The summed E-state index contributed by atoms with van der Waals surface area (Å²) in [5, 5.41) is 4.22. The molecule has 33 heavy (non-hydrogen) atoms. The summed E-state index contributed by atoms with van der Waals surface area (Å²) >= 11 is 0. The number of amides is 1. The lowest BCUT2D eigenvalue weighted by Crippen LogP contribution is -2.30. The van der Waals surface area contributed by atoms with Gasteiger partial charge in [-0.25, -0.2) is 9.67 Å². The van der Waals surface area contributed by atoms with E-state index in [1.54, 1.807) is 11.8 Å². The predicted octanol–water partition coefficient (Wildman–Crippen LogP) is 5.44. The van der Waals surface area contributed by atoms with E-state index in [-0.39, 0.29) is 11.7 Å². The summed E-state index contributed by atoms with van der Waals surface area (Å²) < 4.78 is 39.9. The molecule has 2 aromatic carbocycles. The molecule has 8 heteroatoms. The van der Waals surface area contributed by atoms with E-state index in [9.17, 15) is 18.0 Å². The first kappa shape index (κ1) is 22.3. The third-order valence-electron chi connectivity index (χ3n) is 5.25. The van der Waals surface area contributed by atoms with E-state index in [0.29, 0.717) is 24.3 Å². The average molecular weight is 450 g/mol. The second-order valence-corrected chi connectivity index (χ2v) is 7.59. The zero-order valence-corrected chi connectivity index (χ0v) is 17.8. The first-order valence-corrected chi connectivity index (χ1v) is 10.3. The van der Waals surface area contributed by atoms with E-state index in [0.717, 1.165) is 23.4 Å².